The third-order valence-corrected chi connectivity index (χ3v) is 4.02. The van der Waals surface area contributed by atoms with Gasteiger partial charge in [0.1, 0.15) is 0 Å². The molecule has 0 bridgehead atoms. The van der Waals surface area contributed by atoms with Crippen molar-refractivity contribution >= 4 is 0 Å². The molecule has 0 fully saturated rings. The number of phenols is 2. The van der Waals surface area contributed by atoms with Crippen molar-refractivity contribution in [2.45, 2.75) is 13.2 Å². The van der Waals surface area contributed by atoms with E-state index < -0.39 is 18.1 Å². The third kappa shape index (κ3) is 3.04. The molecule has 0 unspecified atom stereocenters. The van der Waals surface area contributed by atoms with Crippen LogP contribution in [0.25, 0.3) is 11.1 Å². The molecule has 8 nitrogen and oxygen atoms in total. The standard InChI is InChI=1S/C18H22O8/c1-23-12-6-10(8-20)14(18(26-4)16(12)24-2)13-9(7-19)5-11(21)15(22)17(13)25-3/h5-6,19-22H,7-8H2,1-4H3. The Morgan fingerprint density at radius 2 is 1.19 bits per heavy atom. The minimum absolute atomic E-state index is 0.0748. The van der Waals surface area contributed by atoms with Gasteiger partial charge in [-0.05, 0) is 23.3 Å². The minimum Gasteiger partial charge on any atom is -0.504 e. The maximum absolute atomic E-state index is 10.2. The first-order valence-corrected chi connectivity index (χ1v) is 7.64. The molecule has 0 atom stereocenters. The van der Waals surface area contributed by atoms with Gasteiger partial charge in [-0.1, -0.05) is 0 Å². The fourth-order valence-electron chi connectivity index (χ4n) is 2.89. The van der Waals surface area contributed by atoms with Gasteiger partial charge in [0.15, 0.2) is 23.0 Å². The van der Waals surface area contributed by atoms with Crippen molar-refractivity contribution in [3.63, 3.8) is 0 Å². The van der Waals surface area contributed by atoms with Crippen LogP contribution in [0.2, 0.25) is 0 Å². The smallest absolute Gasteiger partial charge is 0.203 e. The number of benzene rings is 2. The summed E-state index contributed by atoms with van der Waals surface area (Å²) in [7, 11) is 5.60. The van der Waals surface area contributed by atoms with Crippen LogP contribution in [0.3, 0.4) is 0 Å². The molecule has 8 heteroatoms. The molecule has 0 aliphatic rings. The largest absolute Gasteiger partial charge is 0.504 e. The van der Waals surface area contributed by atoms with Crippen molar-refractivity contribution in [2.75, 3.05) is 28.4 Å². The fourth-order valence-corrected chi connectivity index (χ4v) is 2.89. The van der Waals surface area contributed by atoms with Crippen molar-refractivity contribution in [3.8, 4) is 45.6 Å². The zero-order valence-corrected chi connectivity index (χ0v) is 15.0. The first kappa shape index (κ1) is 19.5. The van der Waals surface area contributed by atoms with Crippen LogP contribution in [0, 0.1) is 0 Å². The molecule has 0 aromatic heterocycles. The maximum Gasteiger partial charge on any atom is 0.203 e. The predicted octanol–water partition coefficient (Wildman–Crippen LogP) is 1.78. The molecular formula is C18H22O8. The van der Waals surface area contributed by atoms with E-state index in [0.717, 1.165) is 0 Å². The Morgan fingerprint density at radius 3 is 1.65 bits per heavy atom. The predicted molar refractivity (Wildman–Crippen MR) is 93.3 cm³/mol. The van der Waals surface area contributed by atoms with E-state index >= 15 is 0 Å². The summed E-state index contributed by atoms with van der Waals surface area (Å²) in [6.07, 6.45) is 0. The molecular weight excluding hydrogens is 344 g/mol. The lowest BCUT2D eigenvalue weighted by molar-refractivity contribution is 0.275. The Morgan fingerprint density at radius 1 is 0.692 bits per heavy atom. The van der Waals surface area contributed by atoms with Crippen LogP contribution >= 0.6 is 0 Å². The summed E-state index contributed by atoms with van der Waals surface area (Å²) in [5.74, 6) is -0.200. The highest BCUT2D eigenvalue weighted by atomic mass is 16.5. The summed E-state index contributed by atoms with van der Waals surface area (Å²) in [6, 6.07) is 2.77. The summed E-state index contributed by atoms with van der Waals surface area (Å²) in [5.41, 5.74) is 1.24. The number of aliphatic hydroxyl groups excluding tert-OH is 2. The lowest BCUT2D eigenvalue weighted by Crippen LogP contribution is -2.04. The topological polar surface area (TPSA) is 118 Å². The second-order valence-electron chi connectivity index (χ2n) is 5.31. The second-order valence-corrected chi connectivity index (χ2v) is 5.31. The molecule has 0 saturated heterocycles. The van der Waals surface area contributed by atoms with Crippen molar-refractivity contribution in [1.29, 1.82) is 0 Å². The van der Waals surface area contributed by atoms with Gasteiger partial charge in [-0.3, -0.25) is 0 Å². The average molecular weight is 366 g/mol. The van der Waals surface area contributed by atoms with Crippen molar-refractivity contribution in [1.82, 2.24) is 0 Å². The Balaban J connectivity index is 3.03. The molecule has 2 aromatic rings. The van der Waals surface area contributed by atoms with E-state index in [9.17, 15) is 20.4 Å². The van der Waals surface area contributed by atoms with Crippen molar-refractivity contribution < 1.29 is 39.4 Å². The Labute approximate surface area is 150 Å². The number of aromatic hydroxyl groups is 2. The summed E-state index contributed by atoms with van der Waals surface area (Å²) < 4.78 is 21.4. The monoisotopic (exact) mass is 366 g/mol. The Hall–Kier alpha value is -2.84. The summed E-state index contributed by atoms with van der Waals surface area (Å²) in [6.45, 7) is -0.844. The van der Waals surface area contributed by atoms with Gasteiger partial charge in [0, 0.05) is 11.1 Å². The van der Waals surface area contributed by atoms with E-state index in [-0.39, 0.29) is 35.0 Å². The lowest BCUT2D eigenvalue weighted by atomic mass is 9.92. The minimum atomic E-state index is -0.500. The van der Waals surface area contributed by atoms with Gasteiger partial charge in [0.2, 0.25) is 11.5 Å². The van der Waals surface area contributed by atoms with Crippen LogP contribution < -0.4 is 18.9 Å². The van der Waals surface area contributed by atoms with Crippen LogP contribution in [0.1, 0.15) is 11.1 Å². The van der Waals surface area contributed by atoms with E-state index in [2.05, 4.69) is 0 Å². The highest BCUT2D eigenvalue weighted by Gasteiger charge is 2.28. The second kappa shape index (κ2) is 8.03. The van der Waals surface area contributed by atoms with Gasteiger partial charge in [0.25, 0.3) is 0 Å². The Bertz CT molecular complexity index is 801. The van der Waals surface area contributed by atoms with E-state index in [1.807, 2.05) is 0 Å². The van der Waals surface area contributed by atoms with Gasteiger partial charge < -0.3 is 39.4 Å². The number of aliphatic hydroxyl groups is 2. The fraction of sp³-hybridized carbons (Fsp3) is 0.333. The molecule has 0 saturated carbocycles. The van der Waals surface area contributed by atoms with Gasteiger partial charge in [-0.15, -0.1) is 0 Å². The van der Waals surface area contributed by atoms with E-state index in [1.54, 1.807) is 6.07 Å². The van der Waals surface area contributed by atoms with Crippen LogP contribution in [-0.2, 0) is 13.2 Å². The number of phenolic OH excluding ortho intramolecular Hbond substituents is 2. The number of ether oxygens (including phenoxy) is 4. The van der Waals surface area contributed by atoms with Crippen molar-refractivity contribution in [2.24, 2.45) is 0 Å². The van der Waals surface area contributed by atoms with Gasteiger partial charge in [-0.2, -0.15) is 0 Å². The van der Waals surface area contributed by atoms with Crippen LogP contribution in [0.5, 0.6) is 34.5 Å². The number of rotatable bonds is 7. The normalized spacial score (nSPS) is 10.5. The average Bonchev–Trinajstić information content (AvgIpc) is 2.67. The van der Waals surface area contributed by atoms with E-state index in [1.165, 1.54) is 34.5 Å². The highest BCUT2D eigenvalue weighted by Crippen LogP contribution is 2.53. The summed E-state index contributed by atoms with van der Waals surface area (Å²) >= 11 is 0. The molecule has 0 radical (unpaired) electrons. The van der Waals surface area contributed by atoms with Gasteiger partial charge in [-0.25, -0.2) is 0 Å². The molecule has 0 amide bonds. The molecule has 0 aliphatic heterocycles. The quantitative estimate of drug-likeness (QED) is 0.548. The van der Waals surface area contributed by atoms with Crippen molar-refractivity contribution in [3.05, 3.63) is 23.3 Å². The molecule has 2 aromatic carbocycles. The molecule has 0 aliphatic carbocycles. The first-order chi connectivity index (χ1) is 12.5. The van der Waals surface area contributed by atoms with Gasteiger partial charge >= 0.3 is 0 Å². The first-order valence-electron chi connectivity index (χ1n) is 7.64. The number of hydrogen-bond donors (Lipinski definition) is 4. The zero-order chi connectivity index (χ0) is 19.4. The third-order valence-electron chi connectivity index (χ3n) is 4.02. The Kier molecular flexibility index (Phi) is 6.01. The van der Waals surface area contributed by atoms with Crippen LogP contribution in [-0.4, -0.2) is 48.9 Å². The molecule has 4 N–H and O–H groups in total. The van der Waals surface area contributed by atoms with Crippen LogP contribution in [0.4, 0.5) is 0 Å². The molecule has 0 spiro atoms. The van der Waals surface area contributed by atoms with E-state index in [4.69, 9.17) is 18.9 Å². The summed E-state index contributed by atoms with van der Waals surface area (Å²) in [4.78, 5) is 0. The molecule has 26 heavy (non-hydrogen) atoms. The lowest BCUT2D eigenvalue weighted by Gasteiger charge is -2.22. The highest BCUT2D eigenvalue weighted by molar-refractivity contribution is 5.87. The number of methoxy groups -OCH3 is 4. The maximum atomic E-state index is 10.2. The molecule has 2 rings (SSSR count). The summed E-state index contributed by atoms with van der Waals surface area (Å²) in [5, 5.41) is 39.7. The zero-order valence-electron chi connectivity index (χ0n) is 15.0. The van der Waals surface area contributed by atoms with Crippen LogP contribution in [0.15, 0.2) is 12.1 Å². The molecule has 0 heterocycles. The molecule has 142 valence electrons. The van der Waals surface area contributed by atoms with E-state index in [0.29, 0.717) is 16.9 Å². The van der Waals surface area contributed by atoms with Gasteiger partial charge in [0.05, 0.1) is 41.7 Å². The number of hydrogen-bond acceptors (Lipinski definition) is 8. The SMILES string of the molecule is COc1cc(CO)c(-c2c(CO)cc(O)c(O)c2OC)c(OC)c1OC.